The lowest BCUT2D eigenvalue weighted by molar-refractivity contribution is -0.137. The van der Waals surface area contributed by atoms with E-state index in [0.29, 0.717) is 17.2 Å². The van der Waals surface area contributed by atoms with Crippen LogP contribution in [0.3, 0.4) is 0 Å². The van der Waals surface area contributed by atoms with E-state index >= 15 is 0 Å². The standard InChI is InChI=1S/C18H13ClF3N7O/c1-10(16-25-9-26-29(16)15-5-2-11(7-23)8-24-15)27-17(30)28-12-3-4-14(19)13(6-12)18(20,21)22/h2-6,8-10H,1H3,(H2,27,28,30). The highest BCUT2D eigenvalue weighted by molar-refractivity contribution is 6.31. The first-order valence-electron chi connectivity index (χ1n) is 8.39. The number of rotatable bonds is 4. The van der Waals surface area contributed by atoms with E-state index in [1.54, 1.807) is 19.1 Å². The van der Waals surface area contributed by atoms with Gasteiger partial charge in [0.2, 0.25) is 0 Å². The van der Waals surface area contributed by atoms with E-state index in [1.165, 1.54) is 23.3 Å². The molecule has 154 valence electrons. The van der Waals surface area contributed by atoms with Gasteiger partial charge in [-0.3, -0.25) is 0 Å². The van der Waals surface area contributed by atoms with E-state index < -0.39 is 28.8 Å². The van der Waals surface area contributed by atoms with Gasteiger partial charge in [-0.05, 0) is 37.3 Å². The molecule has 2 amide bonds. The van der Waals surface area contributed by atoms with Crippen LogP contribution in [0, 0.1) is 11.3 Å². The Hall–Kier alpha value is -3.65. The Morgan fingerprint density at radius 2 is 2.03 bits per heavy atom. The molecule has 2 N–H and O–H groups in total. The molecule has 1 unspecified atom stereocenters. The topological polar surface area (TPSA) is 109 Å². The summed E-state index contributed by atoms with van der Waals surface area (Å²) < 4.78 is 40.3. The van der Waals surface area contributed by atoms with Crippen molar-refractivity contribution in [1.29, 1.82) is 5.26 Å². The summed E-state index contributed by atoms with van der Waals surface area (Å²) in [5, 5.41) is 17.3. The largest absolute Gasteiger partial charge is 0.417 e. The highest BCUT2D eigenvalue weighted by atomic mass is 35.5. The Morgan fingerprint density at radius 3 is 2.67 bits per heavy atom. The smallest absolute Gasteiger partial charge is 0.328 e. The van der Waals surface area contributed by atoms with Gasteiger partial charge in [0.05, 0.1) is 22.2 Å². The fourth-order valence-electron chi connectivity index (χ4n) is 2.55. The zero-order valence-corrected chi connectivity index (χ0v) is 16.0. The molecule has 0 aliphatic carbocycles. The number of nitrogens with zero attached hydrogens (tertiary/aromatic N) is 5. The molecule has 0 bridgehead atoms. The van der Waals surface area contributed by atoms with E-state index in [0.717, 1.165) is 12.1 Å². The number of aromatic nitrogens is 4. The number of amides is 2. The maximum absolute atomic E-state index is 13.0. The quantitative estimate of drug-likeness (QED) is 0.641. The third kappa shape index (κ3) is 4.66. The average Bonchev–Trinajstić information content (AvgIpc) is 3.18. The summed E-state index contributed by atoms with van der Waals surface area (Å²) in [4.78, 5) is 20.5. The predicted molar refractivity (Wildman–Crippen MR) is 101 cm³/mol. The molecule has 0 fully saturated rings. The number of alkyl halides is 3. The summed E-state index contributed by atoms with van der Waals surface area (Å²) >= 11 is 5.57. The molecule has 0 spiro atoms. The number of hydrogen-bond acceptors (Lipinski definition) is 5. The normalized spacial score (nSPS) is 12.1. The zero-order chi connectivity index (χ0) is 21.9. The SMILES string of the molecule is CC(NC(=O)Nc1ccc(Cl)c(C(F)(F)F)c1)c1ncnn1-c1ccc(C#N)cn1. The number of carbonyl (C=O) groups is 1. The molecule has 3 aromatic rings. The molecule has 30 heavy (non-hydrogen) atoms. The van der Waals surface area contributed by atoms with Crippen molar-refractivity contribution < 1.29 is 18.0 Å². The molecule has 2 heterocycles. The minimum absolute atomic E-state index is 0.0772. The van der Waals surface area contributed by atoms with Crippen molar-refractivity contribution >= 4 is 23.3 Å². The third-order valence-electron chi connectivity index (χ3n) is 3.93. The summed E-state index contributed by atoms with van der Waals surface area (Å²) in [6.07, 6.45) is -2.02. The van der Waals surface area contributed by atoms with Crippen molar-refractivity contribution in [3.63, 3.8) is 0 Å². The van der Waals surface area contributed by atoms with E-state index in [9.17, 15) is 18.0 Å². The molecule has 0 saturated carbocycles. The van der Waals surface area contributed by atoms with Gasteiger partial charge in [-0.1, -0.05) is 11.6 Å². The van der Waals surface area contributed by atoms with E-state index in [-0.39, 0.29) is 5.69 Å². The maximum atomic E-state index is 13.0. The number of hydrogen-bond donors (Lipinski definition) is 2. The fraction of sp³-hybridized carbons (Fsp3) is 0.167. The zero-order valence-electron chi connectivity index (χ0n) is 15.3. The molecule has 3 rings (SSSR count). The van der Waals surface area contributed by atoms with E-state index in [1.807, 2.05) is 6.07 Å². The van der Waals surface area contributed by atoms with Gasteiger partial charge >= 0.3 is 12.2 Å². The first-order chi connectivity index (χ1) is 14.2. The van der Waals surface area contributed by atoms with Crippen LogP contribution in [0.1, 0.15) is 29.9 Å². The second kappa shape index (κ2) is 8.38. The lowest BCUT2D eigenvalue weighted by Gasteiger charge is -2.16. The Balaban J connectivity index is 1.73. The molecule has 0 aliphatic rings. The average molecular weight is 436 g/mol. The first-order valence-corrected chi connectivity index (χ1v) is 8.77. The number of carbonyl (C=O) groups excluding carboxylic acids is 1. The second-order valence-corrected chi connectivity index (χ2v) is 6.47. The predicted octanol–water partition coefficient (Wildman–Crippen LogP) is 4.09. The highest BCUT2D eigenvalue weighted by Gasteiger charge is 2.33. The van der Waals surface area contributed by atoms with E-state index in [2.05, 4.69) is 25.7 Å². The Morgan fingerprint density at radius 1 is 1.27 bits per heavy atom. The van der Waals surface area contributed by atoms with Crippen molar-refractivity contribution in [3.05, 3.63) is 64.8 Å². The summed E-state index contributed by atoms with van der Waals surface area (Å²) in [6, 6.07) is 6.71. The Kier molecular flexibility index (Phi) is 5.89. The fourth-order valence-corrected chi connectivity index (χ4v) is 2.77. The lowest BCUT2D eigenvalue weighted by Crippen LogP contribution is -2.32. The third-order valence-corrected chi connectivity index (χ3v) is 4.26. The van der Waals surface area contributed by atoms with Crippen LogP contribution in [0.2, 0.25) is 5.02 Å². The van der Waals surface area contributed by atoms with Gasteiger partial charge in [0.15, 0.2) is 11.6 Å². The highest BCUT2D eigenvalue weighted by Crippen LogP contribution is 2.36. The minimum atomic E-state index is -4.65. The van der Waals surface area contributed by atoms with Crippen LogP contribution in [0.4, 0.5) is 23.7 Å². The number of benzene rings is 1. The van der Waals surface area contributed by atoms with Gasteiger partial charge < -0.3 is 10.6 Å². The Bertz CT molecular complexity index is 1110. The summed E-state index contributed by atoms with van der Waals surface area (Å²) in [5.41, 5.74) is -0.763. The van der Waals surface area contributed by atoms with Crippen LogP contribution in [0.25, 0.3) is 5.82 Å². The second-order valence-electron chi connectivity index (χ2n) is 6.06. The van der Waals surface area contributed by atoms with Crippen molar-refractivity contribution in [3.8, 4) is 11.9 Å². The summed E-state index contributed by atoms with van der Waals surface area (Å²) in [5.74, 6) is 0.706. The van der Waals surface area contributed by atoms with Gasteiger partial charge in [0.25, 0.3) is 0 Å². The minimum Gasteiger partial charge on any atom is -0.328 e. The van der Waals surface area contributed by atoms with Crippen molar-refractivity contribution in [2.24, 2.45) is 0 Å². The van der Waals surface area contributed by atoms with Crippen LogP contribution >= 0.6 is 11.6 Å². The van der Waals surface area contributed by atoms with E-state index in [4.69, 9.17) is 16.9 Å². The Labute approximate surface area is 173 Å². The van der Waals surface area contributed by atoms with Crippen LogP contribution in [-0.2, 0) is 6.18 Å². The van der Waals surface area contributed by atoms with Crippen LogP contribution < -0.4 is 10.6 Å². The van der Waals surface area contributed by atoms with Gasteiger partial charge in [-0.25, -0.2) is 14.8 Å². The number of nitriles is 1. The van der Waals surface area contributed by atoms with Gasteiger partial charge in [0.1, 0.15) is 12.4 Å². The molecule has 0 saturated heterocycles. The number of nitrogens with one attached hydrogen (secondary N) is 2. The molecular formula is C18H13ClF3N7O. The lowest BCUT2D eigenvalue weighted by atomic mass is 10.2. The molecule has 8 nitrogen and oxygen atoms in total. The van der Waals surface area contributed by atoms with Gasteiger partial charge in [-0.2, -0.15) is 28.2 Å². The van der Waals surface area contributed by atoms with Gasteiger partial charge in [-0.15, -0.1) is 0 Å². The molecule has 0 aliphatic heterocycles. The van der Waals surface area contributed by atoms with Crippen LogP contribution in [0.15, 0.2) is 42.9 Å². The molecule has 1 aromatic carbocycles. The van der Waals surface area contributed by atoms with Gasteiger partial charge in [0, 0.05) is 11.9 Å². The number of pyridine rings is 1. The van der Waals surface area contributed by atoms with Crippen LogP contribution in [-0.4, -0.2) is 25.8 Å². The molecular weight excluding hydrogens is 423 g/mol. The molecule has 1 atom stereocenters. The molecule has 12 heteroatoms. The number of halogens is 4. The van der Waals surface area contributed by atoms with Crippen LogP contribution in [0.5, 0.6) is 0 Å². The number of anilines is 1. The molecule has 0 radical (unpaired) electrons. The molecule has 2 aromatic heterocycles. The monoisotopic (exact) mass is 435 g/mol. The van der Waals surface area contributed by atoms with Crippen molar-refractivity contribution in [2.75, 3.05) is 5.32 Å². The first kappa shape index (κ1) is 21.1. The number of urea groups is 1. The maximum Gasteiger partial charge on any atom is 0.417 e. The van der Waals surface area contributed by atoms with Crippen molar-refractivity contribution in [1.82, 2.24) is 25.1 Å². The summed E-state index contributed by atoms with van der Waals surface area (Å²) in [7, 11) is 0. The summed E-state index contributed by atoms with van der Waals surface area (Å²) in [6.45, 7) is 1.62. The van der Waals surface area contributed by atoms with Crippen molar-refractivity contribution in [2.45, 2.75) is 19.1 Å².